The number of sulfonamides is 1. The first-order valence-electron chi connectivity index (χ1n) is 10.6. The first kappa shape index (κ1) is 19.0. The molecule has 3 aliphatic rings. The Kier molecular flexibility index (Phi) is 4.23. The molecule has 0 bridgehead atoms. The molecular formula is C21H22FN5O3S. The molecule has 0 saturated heterocycles. The zero-order valence-corrected chi connectivity index (χ0v) is 17.5. The van der Waals surface area contributed by atoms with Gasteiger partial charge in [0.25, 0.3) is 0 Å². The number of aromatic nitrogens is 3. The molecule has 3 heterocycles. The molecule has 3 N–H and O–H groups in total. The summed E-state index contributed by atoms with van der Waals surface area (Å²) in [6.45, 7) is 0.158. The lowest BCUT2D eigenvalue weighted by Crippen LogP contribution is -2.13. The Morgan fingerprint density at radius 1 is 1.10 bits per heavy atom. The van der Waals surface area contributed by atoms with Crippen LogP contribution >= 0.6 is 0 Å². The molecule has 6 rings (SSSR count). The largest absolute Gasteiger partial charge is 0.445 e. The number of hydrogen-bond acceptors (Lipinski definition) is 6. The molecule has 0 spiro atoms. The first-order chi connectivity index (χ1) is 15.0. The van der Waals surface area contributed by atoms with Crippen molar-refractivity contribution in [2.24, 2.45) is 0 Å². The Morgan fingerprint density at radius 2 is 1.90 bits per heavy atom. The highest BCUT2D eigenvalue weighted by atomic mass is 32.2. The molecule has 0 radical (unpaired) electrons. The number of rotatable bonds is 5. The summed E-state index contributed by atoms with van der Waals surface area (Å²) in [6.07, 6.45) is 7.22. The Labute approximate surface area is 178 Å². The van der Waals surface area contributed by atoms with Crippen LogP contribution in [0.25, 0.3) is 0 Å². The molecule has 2 unspecified atom stereocenters. The topological polar surface area (TPSA) is 113 Å². The maximum absolute atomic E-state index is 14.5. The van der Waals surface area contributed by atoms with E-state index in [-0.39, 0.29) is 17.1 Å². The van der Waals surface area contributed by atoms with Gasteiger partial charge >= 0.3 is 0 Å². The molecule has 1 aliphatic heterocycles. The lowest BCUT2D eigenvalue weighted by molar-refractivity contribution is 0.418. The lowest BCUT2D eigenvalue weighted by atomic mass is 10.0. The minimum absolute atomic E-state index is 0.00774. The van der Waals surface area contributed by atoms with Gasteiger partial charge in [-0.1, -0.05) is 0 Å². The van der Waals surface area contributed by atoms with Crippen LogP contribution in [0.5, 0.6) is 0 Å². The fourth-order valence-corrected chi connectivity index (χ4v) is 5.85. The van der Waals surface area contributed by atoms with Gasteiger partial charge in [-0.3, -0.25) is 5.10 Å². The van der Waals surface area contributed by atoms with Gasteiger partial charge in [-0.15, -0.1) is 0 Å². The second-order valence-electron chi connectivity index (χ2n) is 8.68. The molecule has 2 atom stereocenters. The molecule has 2 aromatic heterocycles. The smallest absolute Gasteiger partial charge is 0.241 e. The van der Waals surface area contributed by atoms with Gasteiger partial charge in [0, 0.05) is 36.1 Å². The SMILES string of the molecule is O=S1(=O)NCc2cc(Nc3cc(C4CCC(c5ncc(C6CC6)o5)C4)[nH]n3)c(F)cc21. The van der Waals surface area contributed by atoms with Gasteiger partial charge in [0.2, 0.25) is 10.0 Å². The number of H-pyrrole nitrogens is 1. The van der Waals surface area contributed by atoms with Gasteiger partial charge in [-0.2, -0.15) is 5.10 Å². The predicted molar refractivity (Wildman–Crippen MR) is 110 cm³/mol. The Balaban J connectivity index is 1.16. The summed E-state index contributed by atoms with van der Waals surface area (Å²) in [5, 5.41) is 10.3. The molecule has 31 heavy (non-hydrogen) atoms. The summed E-state index contributed by atoms with van der Waals surface area (Å²) >= 11 is 0. The highest BCUT2D eigenvalue weighted by Crippen LogP contribution is 2.45. The van der Waals surface area contributed by atoms with E-state index < -0.39 is 15.8 Å². The fourth-order valence-electron chi connectivity index (χ4n) is 4.62. The van der Waals surface area contributed by atoms with Crippen LogP contribution in [-0.4, -0.2) is 23.6 Å². The van der Waals surface area contributed by atoms with Crippen molar-refractivity contribution in [2.75, 3.05) is 5.32 Å². The second-order valence-corrected chi connectivity index (χ2v) is 10.4. The molecule has 10 heteroatoms. The number of nitrogens with one attached hydrogen (secondary N) is 3. The van der Waals surface area contributed by atoms with Crippen LogP contribution in [0.1, 0.15) is 72.8 Å². The number of fused-ring (bicyclic) bond motifs is 1. The molecule has 2 saturated carbocycles. The van der Waals surface area contributed by atoms with Crippen molar-refractivity contribution in [2.45, 2.75) is 61.3 Å². The second kappa shape index (κ2) is 6.89. The predicted octanol–water partition coefficient (Wildman–Crippen LogP) is 4.00. The normalized spacial score (nSPS) is 24.4. The number of hydrogen-bond donors (Lipinski definition) is 3. The first-order valence-corrected chi connectivity index (χ1v) is 12.0. The quantitative estimate of drug-likeness (QED) is 0.549. The van der Waals surface area contributed by atoms with E-state index in [0.717, 1.165) is 42.7 Å². The summed E-state index contributed by atoms with van der Waals surface area (Å²) in [5.41, 5.74) is 1.73. The van der Waals surface area contributed by atoms with Crippen molar-refractivity contribution in [3.05, 3.63) is 53.1 Å². The van der Waals surface area contributed by atoms with Crippen LogP contribution in [-0.2, 0) is 16.6 Å². The minimum atomic E-state index is -3.61. The van der Waals surface area contributed by atoms with E-state index in [2.05, 4.69) is 25.2 Å². The summed E-state index contributed by atoms with van der Waals surface area (Å²) < 4.78 is 46.6. The van der Waals surface area contributed by atoms with Gasteiger partial charge in [0.15, 0.2) is 11.7 Å². The number of aromatic amines is 1. The van der Waals surface area contributed by atoms with E-state index in [4.69, 9.17) is 4.42 Å². The average Bonchev–Trinajstić information content (AvgIpc) is 3.14. The fraction of sp³-hybridized carbons (Fsp3) is 0.429. The van der Waals surface area contributed by atoms with Crippen molar-refractivity contribution in [3.63, 3.8) is 0 Å². The van der Waals surface area contributed by atoms with Gasteiger partial charge < -0.3 is 9.73 Å². The van der Waals surface area contributed by atoms with Gasteiger partial charge in [0.05, 0.1) is 16.8 Å². The van der Waals surface area contributed by atoms with Crippen LogP contribution in [0.4, 0.5) is 15.9 Å². The van der Waals surface area contributed by atoms with Crippen LogP contribution < -0.4 is 10.0 Å². The van der Waals surface area contributed by atoms with Crippen molar-refractivity contribution in [1.82, 2.24) is 19.9 Å². The monoisotopic (exact) mass is 443 g/mol. The van der Waals surface area contributed by atoms with Crippen LogP contribution in [0.15, 0.2) is 33.7 Å². The van der Waals surface area contributed by atoms with Crippen LogP contribution in [0.3, 0.4) is 0 Å². The molecular weight excluding hydrogens is 421 g/mol. The third-order valence-electron chi connectivity index (χ3n) is 6.50. The third-order valence-corrected chi connectivity index (χ3v) is 7.98. The zero-order valence-electron chi connectivity index (χ0n) is 16.7. The van der Waals surface area contributed by atoms with E-state index in [1.54, 1.807) is 0 Å². The Morgan fingerprint density at radius 3 is 2.74 bits per heavy atom. The summed E-state index contributed by atoms with van der Waals surface area (Å²) in [7, 11) is -3.61. The number of benzene rings is 1. The van der Waals surface area contributed by atoms with Gasteiger partial charge in [-0.25, -0.2) is 22.5 Å². The third kappa shape index (κ3) is 3.43. The van der Waals surface area contributed by atoms with E-state index in [9.17, 15) is 12.8 Å². The van der Waals surface area contributed by atoms with Crippen molar-refractivity contribution >= 4 is 21.5 Å². The van der Waals surface area contributed by atoms with Crippen molar-refractivity contribution < 1.29 is 17.2 Å². The van der Waals surface area contributed by atoms with Crippen LogP contribution in [0, 0.1) is 5.82 Å². The Bertz CT molecular complexity index is 1260. The number of halogens is 1. The summed E-state index contributed by atoms with van der Waals surface area (Å²) in [4.78, 5) is 4.49. The van der Waals surface area contributed by atoms with Gasteiger partial charge in [0.1, 0.15) is 11.6 Å². The lowest BCUT2D eigenvalue weighted by Gasteiger charge is -2.07. The minimum Gasteiger partial charge on any atom is -0.445 e. The molecule has 3 aromatic rings. The average molecular weight is 444 g/mol. The van der Waals surface area contributed by atoms with E-state index >= 15 is 0 Å². The number of nitrogens with zero attached hydrogens (tertiary/aromatic N) is 2. The maximum atomic E-state index is 14.5. The highest BCUT2D eigenvalue weighted by Gasteiger charge is 2.34. The van der Waals surface area contributed by atoms with E-state index in [1.807, 2.05) is 12.3 Å². The summed E-state index contributed by atoms with van der Waals surface area (Å²) in [5.74, 6) is 2.90. The van der Waals surface area contributed by atoms with Crippen molar-refractivity contribution in [1.29, 1.82) is 0 Å². The number of anilines is 2. The highest BCUT2D eigenvalue weighted by molar-refractivity contribution is 7.89. The summed E-state index contributed by atoms with van der Waals surface area (Å²) in [6, 6.07) is 4.45. The molecule has 2 aliphatic carbocycles. The van der Waals surface area contributed by atoms with Gasteiger partial charge in [-0.05, 0) is 49.8 Å². The molecule has 162 valence electrons. The Hall–Kier alpha value is -2.72. The molecule has 0 amide bonds. The molecule has 2 fully saturated rings. The maximum Gasteiger partial charge on any atom is 0.241 e. The van der Waals surface area contributed by atoms with E-state index in [0.29, 0.717) is 29.1 Å². The number of oxazole rings is 1. The zero-order chi connectivity index (χ0) is 21.2. The van der Waals surface area contributed by atoms with Crippen LogP contribution in [0.2, 0.25) is 0 Å². The van der Waals surface area contributed by atoms with E-state index in [1.165, 1.54) is 18.9 Å². The standard InChI is InChI=1S/C21H22FN5O3S/c22-15-7-19-14(9-24-31(19,28)29)6-17(15)25-20-8-16(26-27-20)12-3-4-13(5-12)21-23-10-18(30-21)11-1-2-11/h6-8,10-13,24H,1-5,9H2,(H2,25,26,27). The molecule has 1 aromatic carbocycles. The molecule has 8 nitrogen and oxygen atoms in total. The van der Waals surface area contributed by atoms with Crippen molar-refractivity contribution in [3.8, 4) is 0 Å².